The quantitative estimate of drug-likeness (QED) is 0.133. The van der Waals surface area contributed by atoms with Crippen LogP contribution in [0.4, 0.5) is 0 Å². The van der Waals surface area contributed by atoms with Gasteiger partial charge in [0.05, 0.1) is 6.61 Å². The molecule has 0 heterocycles. The lowest BCUT2D eigenvalue weighted by molar-refractivity contribution is -0.138. The summed E-state index contributed by atoms with van der Waals surface area (Å²) in [7, 11) is 0. The van der Waals surface area contributed by atoms with Gasteiger partial charge in [-0.05, 0) is 74.4 Å². The average Bonchev–Trinajstić information content (AvgIpc) is 2.85. The van der Waals surface area contributed by atoms with E-state index >= 15 is 0 Å². The van der Waals surface area contributed by atoms with Gasteiger partial charge in [0.1, 0.15) is 11.5 Å². The number of hydrogen-bond donors (Lipinski definition) is 0. The molecule has 2 aromatic carbocycles. The van der Waals surface area contributed by atoms with Crippen LogP contribution in [0, 0.1) is 6.92 Å². The van der Waals surface area contributed by atoms with E-state index in [4.69, 9.17) is 9.47 Å². The highest BCUT2D eigenvalue weighted by Crippen LogP contribution is 2.20. The second kappa shape index (κ2) is 18.2. The van der Waals surface area contributed by atoms with Crippen molar-refractivity contribution >= 4 is 23.8 Å². The third-order valence-electron chi connectivity index (χ3n) is 5.15. The fourth-order valence-electron chi connectivity index (χ4n) is 3.12. The molecule has 190 valence electrons. The molecule has 35 heavy (non-hydrogen) atoms. The van der Waals surface area contributed by atoms with Crippen molar-refractivity contribution in [2.24, 2.45) is 0 Å². The van der Waals surface area contributed by atoms with Gasteiger partial charge in [-0.15, -0.1) is 0 Å². The Bertz CT molecular complexity index is 931. The van der Waals surface area contributed by atoms with Gasteiger partial charge in [0.15, 0.2) is 0 Å². The lowest BCUT2D eigenvalue weighted by Gasteiger charge is -2.08. The van der Waals surface area contributed by atoms with Crippen molar-refractivity contribution in [3.63, 3.8) is 0 Å². The topological polar surface area (TPSA) is 69.7 Å². The summed E-state index contributed by atoms with van der Waals surface area (Å²) in [6.45, 7) is 8.03. The molecule has 0 saturated heterocycles. The van der Waals surface area contributed by atoms with Crippen LogP contribution in [0.15, 0.2) is 54.6 Å². The van der Waals surface area contributed by atoms with Crippen LogP contribution >= 0.6 is 0 Å². The van der Waals surface area contributed by atoms with E-state index in [9.17, 15) is 14.4 Å². The Balaban J connectivity index is 0.000000762. The molecule has 0 aromatic heterocycles. The molecule has 0 aliphatic carbocycles. The summed E-state index contributed by atoms with van der Waals surface area (Å²) >= 11 is 0. The molecule has 0 bridgehead atoms. The summed E-state index contributed by atoms with van der Waals surface area (Å²) < 4.78 is 10.6. The molecule has 5 nitrogen and oxygen atoms in total. The predicted molar refractivity (Wildman–Crippen MR) is 141 cm³/mol. The van der Waals surface area contributed by atoms with Crippen LogP contribution in [0.1, 0.15) is 82.4 Å². The molecular formula is C30H40O5. The molecule has 0 amide bonds. The van der Waals surface area contributed by atoms with E-state index in [2.05, 4.69) is 19.1 Å². The van der Waals surface area contributed by atoms with E-state index in [1.54, 1.807) is 19.1 Å². The van der Waals surface area contributed by atoms with Crippen LogP contribution in [0.25, 0.3) is 6.08 Å². The van der Waals surface area contributed by atoms with Gasteiger partial charge in [0.25, 0.3) is 0 Å². The summed E-state index contributed by atoms with van der Waals surface area (Å²) in [5, 5.41) is 0. The molecule has 0 radical (unpaired) electrons. The number of unbranched alkanes of at least 4 members (excludes halogenated alkanes) is 2. The van der Waals surface area contributed by atoms with E-state index in [0.29, 0.717) is 24.6 Å². The minimum atomic E-state index is -0.360. The number of Topliss-reactive ketones (excluding diaryl/α,β-unsaturated/α-hetero) is 1. The zero-order valence-corrected chi connectivity index (χ0v) is 21.7. The zero-order chi connectivity index (χ0) is 25.9. The lowest BCUT2D eigenvalue weighted by Crippen LogP contribution is -2.08. The zero-order valence-electron chi connectivity index (χ0n) is 21.7. The highest BCUT2D eigenvalue weighted by atomic mass is 16.5. The molecule has 0 atom stereocenters. The second-order valence-corrected chi connectivity index (χ2v) is 8.50. The summed E-state index contributed by atoms with van der Waals surface area (Å²) in [5.41, 5.74) is 2.94. The highest BCUT2D eigenvalue weighted by Gasteiger charge is 2.07. The van der Waals surface area contributed by atoms with Crippen LogP contribution < -0.4 is 4.74 Å². The number of carbonyl (C=O) groups is 3. The standard InChI is InChI=1S/C24H28O4.C6H12O/c1-3-4-12-24(26)28-22-15-13-21(18-19(22)2)14-16-23(25)27-17-8-11-20-9-6-5-7-10-20;1-3-4-5-6(2)7/h5-7,9-10,13-16,18H,3-4,8,11-12,17H2,1-2H3;3-5H2,1-2H3/b16-14+;. The van der Waals surface area contributed by atoms with Crippen molar-refractivity contribution in [2.75, 3.05) is 6.61 Å². The van der Waals surface area contributed by atoms with Gasteiger partial charge in [-0.2, -0.15) is 0 Å². The molecule has 0 aliphatic rings. The molecule has 0 unspecified atom stereocenters. The van der Waals surface area contributed by atoms with Gasteiger partial charge in [0, 0.05) is 18.9 Å². The number of hydrogen-bond acceptors (Lipinski definition) is 5. The molecule has 2 aromatic rings. The predicted octanol–water partition coefficient (Wildman–Crippen LogP) is 7.05. The van der Waals surface area contributed by atoms with Crippen molar-refractivity contribution in [1.82, 2.24) is 0 Å². The Kier molecular flexibility index (Phi) is 15.5. The van der Waals surface area contributed by atoms with Crippen molar-refractivity contribution in [1.29, 1.82) is 0 Å². The maximum Gasteiger partial charge on any atom is 0.330 e. The van der Waals surface area contributed by atoms with Gasteiger partial charge < -0.3 is 14.3 Å². The van der Waals surface area contributed by atoms with E-state index in [0.717, 1.165) is 56.1 Å². The van der Waals surface area contributed by atoms with E-state index in [-0.39, 0.29) is 11.9 Å². The minimum absolute atomic E-state index is 0.215. The summed E-state index contributed by atoms with van der Waals surface area (Å²) in [4.78, 5) is 33.8. The Labute approximate surface area is 210 Å². The Morgan fingerprint density at radius 2 is 1.57 bits per heavy atom. The van der Waals surface area contributed by atoms with Crippen molar-refractivity contribution in [3.05, 3.63) is 71.3 Å². The fraction of sp³-hybridized carbons (Fsp3) is 0.433. The van der Waals surface area contributed by atoms with E-state index in [1.165, 1.54) is 11.6 Å². The molecule has 0 aliphatic heterocycles. The number of ketones is 1. The summed E-state index contributed by atoms with van der Waals surface area (Å²) in [5.74, 6) is 0.289. The first-order chi connectivity index (χ1) is 16.8. The van der Waals surface area contributed by atoms with Crippen LogP contribution in [0.3, 0.4) is 0 Å². The minimum Gasteiger partial charge on any atom is -0.463 e. The Morgan fingerprint density at radius 3 is 2.17 bits per heavy atom. The molecule has 5 heteroatoms. The first-order valence-corrected chi connectivity index (χ1v) is 12.5. The number of ether oxygens (including phenoxy) is 2. The van der Waals surface area contributed by atoms with E-state index in [1.807, 2.05) is 44.2 Å². The number of rotatable bonds is 13. The van der Waals surface area contributed by atoms with Crippen LogP contribution in [-0.2, 0) is 25.5 Å². The summed E-state index contributed by atoms with van der Waals surface area (Å²) in [6, 6.07) is 15.6. The smallest absolute Gasteiger partial charge is 0.330 e. The molecule has 0 saturated carbocycles. The maximum atomic E-state index is 11.8. The van der Waals surface area contributed by atoms with Crippen molar-refractivity contribution in [3.8, 4) is 5.75 Å². The largest absolute Gasteiger partial charge is 0.463 e. The number of carbonyl (C=O) groups excluding carboxylic acids is 3. The normalized spacial score (nSPS) is 10.4. The third kappa shape index (κ3) is 14.6. The molecule has 0 fully saturated rings. The van der Waals surface area contributed by atoms with Gasteiger partial charge >= 0.3 is 11.9 Å². The van der Waals surface area contributed by atoms with Crippen molar-refractivity contribution < 1.29 is 23.9 Å². The fourth-order valence-corrected chi connectivity index (χ4v) is 3.12. The summed E-state index contributed by atoms with van der Waals surface area (Å²) in [6.07, 6.45) is 9.95. The highest BCUT2D eigenvalue weighted by molar-refractivity contribution is 5.87. The second-order valence-electron chi connectivity index (χ2n) is 8.50. The first-order valence-electron chi connectivity index (χ1n) is 12.5. The van der Waals surface area contributed by atoms with Crippen molar-refractivity contribution in [2.45, 2.75) is 79.1 Å². The molecule has 0 spiro atoms. The molecular weight excluding hydrogens is 440 g/mol. The Morgan fingerprint density at radius 1 is 0.886 bits per heavy atom. The third-order valence-corrected chi connectivity index (χ3v) is 5.15. The Hall–Kier alpha value is -3.21. The monoisotopic (exact) mass is 480 g/mol. The molecule has 2 rings (SSSR count). The van der Waals surface area contributed by atoms with Gasteiger partial charge in [0.2, 0.25) is 0 Å². The van der Waals surface area contributed by atoms with Crippen LogP contribution in [0.2, 0.25) is 0 Å². The molecule has 0 N–H and O–H groups in total. The number of esters is 2. The lowest BCUT2D eigenvalue weighted by atomic mass is 10.1. The van der Waals surface area contributed by atoms with E-state index < -0.39 is 0 Å². The first kappa shape index (κ1) is 29.8. The maximum absolute atomic E-state index is 11.8. The number of benzene rings is 2. The SMILES string of the molecule is CCCCC(=O)Oc1ccc(/C=C/C(=O)OCCCc2ccccc2)cc1C.CCCCC(C)=O. The average molecular weight is 481 g/mol. The number of aryl methyl sites for hydroxylation is 2. The van der Waals surface area contributed by atoms with Crippen LogP contribution in [-0.4, -0.2) is 24.3 Å². The van der Waals surface area contributed by atoms with Gasteiger partial charge in [-0.1, -0.05) is 63.1 Å². The van der Waals surface area contributed by atoms with Gasteiger partial charge in [-0.25, -0.2) is 4.79 Å². The van der Waals surface area contributed by atoms with Gasteiger partial charge in [-0.3, -0.25) is 4.79 Å². The van der Waals surface area contributed by atoms with Crippen LogP contribution in [0.5, 0.6) is 5.75 Å².